The number of rotatable bonds is 4. The molecule has 1 amide bonds. The van der Waals surface area contributed by atoms with E-state index in [0.717, 1.165) is 12.1 Å². The summed E-state index contributed by atoms with van der Waals surface area (Å²) in [6.45, 7) is 1.25. The lowest BCUT2D eigenvalue weighted by Gasteiger charge is -2.30. The van der Waals surface area contributed by atoms with E-state index in [2.05, 4.69) is 0 Å². The van der Waals surface area contributed by atoms with E-state index in [1.807, 2.05) is 0 Å². The number of nitrogens with zero attached hydrogens (tertiary/aromatic N) is 2. The lowest BCUT2D eigenvalue weighted by atomic mass is 10.2. The van der Waals surface area contributed by atoms with Crippen LogP contribution < -0.4 is 10.7 Å². The third kappa shape index (κ3) is 3.04. The zero-order valence-electron chi connectivity index (χ0n) is 10.9. The number of amides is 1. The van der Waals surface area contributed by atoms with Crippen LogP contribution in [0.4, 0.5) is 18.9 Å². The summed E-state index contributed by atoms with van der Waals surface area (Å²) in [6.07, 6.45) is -3.47. The van der Waals surface area contributed by atoms with E-state index in [1.54, 1.807) is 11.1 Å². The Balaban J connectivity index is 2.24. The van der Waals surface area contributed by atoms with Gasteiger partial charge in [-0.2, -0.15) is 13.2 Å². The van der Waals surface area contributed by atoms with Crippen LogP contribution in [0.2, 0.25) is 0 Å². The van der Waals surface area contributed by atoms with Crippen molar-refractivity contribution in [2.24, 2.45) is 5.73 Å². The lowest BCUT2D eigenvalue weighted by Crippen LogP contribution is -2.40. The molecule has 1 aromatic carbocycles. The predicted molar refractivity (Wildman–Crippen MR) is 68.8 cm³/mol. The van der Waals surface area contributed by atoms with Crippen LogP contribution in [-0.4, -0.2) is 30.6 Å². The van der Waals surface area contributed by atoms with Crippen molar-refractivity contribution in [2.75, 3.05) is 24.6 Å². The Labute approximate surface area is 114 Å². The minimum absolute atomic E-state index is 0.0872. The number of hydrazine groups is 1. The summed E-state index contributed by atoms with van der Waals surface area (Å²) in [4.78, 5) is 11.8. The Morgan fingerprint density at radius 3 is 2.70 bits per heavy atom. The molecule has 0 saturated carbocycles. The first-order chi connectivity index (χ1) is 9.43. The van der Waals surface area contributed by atoms with Crippen LogP contribution in [0.25, 0.3) is 0 Å². The maximum atomic E-state index is 12.7. The number of anilines is 1. The van der Waals surface area contributed by atoms with Crippen LogP contribution in [-0.2, 0) is 11.0 Å². The number of halogens is 3. The second-order valence-electron chi connectivity index (χ2n) is 4.58. The van der Waals surface area contributed by atoms with Gasteiger partial charge in [0.15, 0.2) is 0 Å². The van der Waals surface area contributed by atoms with Gasteiger partial charge < -0.3 is 5.73 Å². The molecule has 1 fully saturated rings. The highest BCUT2D eigenvalue weighted by molar-refractivity contribution is 5.81. The summed E-state index contributed by atoms with van der Waals surface area (Å²) in [5, 5.41) is 3.07. The largest absolute Gasteiger partial charge is 0.416 e. The highest BCUT2D eigenvalue weighted by Crippen LogP contribution is 2.32. The van der Waals surface area contributed by atoms with Crippen molar-refractivity contribution in [2.45, 2.75) is 19.0 Å². The molecule has 2 N–H and O–H groups in total. The molecular weight excluding hydrogens is 271 g/mol. The summed E-state index contributed by atoms with van der Waals surface area (Å²) < 4.78 is 38.1. The first-order valence-electron chi connectivity index (χ1n) is 6.38. The summed E-state index contributed by atoms with van der Waals surface area (Å²) in [7, 11) is 0. The monoisotopic (exact) mass is 287 g/mol. The fraction of sp³-hybridized carbons (Fsp3) is 0.462. The fourth-order valence-electron chi connectivity index (χ4n) is 2.18. The van der Waals surface area contributed by atoms with Gasteiger partial charge in [-0.3, -0.25) is 14.8 Å². The van der Waals surface area contributed by atoms with E-state index in [9.17, 15) is 18.0 Å². The van der Waals surface area contributed by atoms with Crippen molar-refractivity contribution in [1.29, 1.82) is 0 Å². The second kappa shape index (κ2) is 5.70. The van der Waals surface area contributed by atoms with Crippen molar-refractivity contribution in [3.8, 4) is 0 Å². The van der Waals surface area contributed by atoms with Gasteiger partial charge in [0, 0.05) is 19.5 Å². The zero-order valence-corrected chi connectivity index (χ0v) is 10.9. The Kier molecular flexibility index (Phi) is 4.17. The van der Waals surface area contributed by atoms with Gasteiger partial charge in [-0.05, 0) is 31.2 Å². The van der Waals surface area contributed by atoms with Crippen LogP contribution in [0.5, 0.6) is 0 Å². The molecule has 1 aliphatic rings. The fourth-order valence-corrected chi connectivity index (χ4v) is 2.18. The van der Waals surface area contributed by atoms with E-state index < -0.39 is 11.7 Å². The number of nitrogens with two attached hydrogens (primary N) is 1. The molecule has 1 heterocycles. The van der Waals surface area contributed by atoms with Crippen molar-refractivity contribution < 1.29 is 18.0 Å². The molecule has 0 atom stereocenters. The Hall–Kier alpha value is -1.76. The summed E-state index contributed by atoms with van der Waals surface area (Å²) in [5.74, 6) is -0.0872. The Bertz CT molecular complexity index is 490. The van der Waals surface area contributed by atoms with Gasteiger partial charge >= 0.3 is 6.18 Å². The molecule has 1 saturated heterocycles. The molecule has 0 radical (unpaired) electrons. The van der Waals surface area contributed by atoms with E-state index in [0.29, 0.717) is 38.2 Å². The number of hydrogen-bond donors (Lipinski definition) is 1. The minimum atomic E-state index is -4.39. The highest BCUT2D eigenvalue weighted by atomic mass is 19.4. The Morgan fingerprint density at radius 1 is 1.30 bits per heavy atom. The predicted octanol–water partition coefficient (Wildman–Crippen LogP) is 2.01. The SMILES string of the molecule is NCCCN1C(=O)CCN1c1cccc(C(F)(F)F)c1. The molecule has 0 aromatic heterocycles. The smallest absolute Gasteiger partial charge is 0.330 e. The number of carbonyl (C=O) groups excluding carboxylic acids is 1. The van der Waals surface area contributed by atoms with Crippen molar-refractivity contribution in [3.63, 3.8) is 0 Å². The molecule has 4 nitrogen and oxygen atoms in total. The molecule has 110 valence electrons. The maximum absolute atomic E-state index is 12.7. The quantitative estimate of drug-likeness (QED) is 0.921. The third-order valence-electron chi connectivity index (χ3n) is 3.16. The number of hydrogen-bond acceptors (Lipinski definition) is 3. The van der Waals surface area contributed by atoms with Gasteiger partial charge in [-0.1, -0.05) is 6.07 Å². The van der Waals surface area contributed by atoms with E-state index in [1.165, 1.54) is 11.1 Å². The minimum Gasteiger partial charge on any atom is -0.330 e. The van der Waals surface area contributed by atoms with Gasteiger partial charge in [0.05, 0.1) is 11.3 Å². The first-order valence-corrected chi connectivity index (χ1v) is 6.38. The molecule has 1 aromatic rings. The standard InChI is InChI=1S/C13H16F3N3O/c14-13(15,16)10-3-1-4-11(9-10)18-8-5-12(20)19(18)7-2-6-17/h1,3-4,9H,2,5-8,17H2. The van der Waals surface area contributed by atoms with Gasteiger partial charge in [0.1, 0.15) is 0 Å². The van der Waals surface area contributed by atoms with Gasteiger partial charge in [-0.15, -0.1) is 0 Å². The number of carbonyl (C=O) groups is 1. The maximum Gasteiger partial charge on any atom is 0.416 e. The van der Waals surface area contributed by atoms with Crippen molar-refractivity contribution in [1.82, 2.24) is 5.01 Å². The first kappa shape index (κ1) is 14.6. The molecule has 0 bridgehead atoms. The Morgan fingerprint density at radius 2 is 2.05 bits per heavy atom. The normalized spacial score (nSPS) is 16.1. The summed E-state index contributed by atoms with van der Waals surface area (Å²) >= 11 is 0. The molecule has 2 rings (SSSR count). The van der Waals surface area contributed by atoms with E-state index in [4.69, 9.17) is 5.73 Å². The highest BCUT2D eigenvalue weighted by Gasteiger charge is 2.33. The average molecular weight is 287 g/mol. The third-order valence-corrected chi connectivity index (χ3v) is 3.16. The van der Waals surface area contributed by atoms with E-state index in [-0.39, 0.29) is 5.91 Å². The molecule has 7 heteroatoms. The van der Waals surface area contributed by atoms with E-state index >= 15 is 0 Å². The van der Waals surface area contributed by atoms with Crippen LogP contribution in [0, 0.1) is 0 Å². The second-order valence-corrected chi connectivity index (χ2v) is 4.58. The summed E-state index contributed by atoms with van der Waals surface area (Å²) in [5.41, 5.74) is 5.07. The zero-order chi connectivity index (χ0) is 14.8. The van der Waals surface area contributed by atoms with Gasteiger partial charge in [0.25, 0.3) is 0 Å². The van der Waals surface area contributed by atoms with Gasteiger partial charge in [-0.25, -0.2) is 0 Å². The average Bonchev–Trinajstić information content (AvgIpc) is 2.77. The molecule has 1 aliphatic heterocycles. The van der Waals surface area contributed by atoms with Crippen molar-refractivity contribution >= 4 is 11.6 Å². The van der Waals surface area contributed by atoms with Gasteiger partial charge in [0.2, 0.25) is 5.91 Å². The molecular formula is C13H16F3N3O. The summed E-state index contributed by atoms with van der Waals surface area (Å²) in [6, 6.07) is 5.00. The molecule has 0 unspecified atom stereocenters. The topological polar surface area (TPSA) is 49.6 Å². The number of benzene rings is 1. The van der Waals surface area contributed by atoms with Crippen molar-refractivity contribution in [3.05, 3.63) is 29.8 Å². The molecule has 20 heavy (non-hydrogen) atoms. The lowest BCUT2D eigenvalue weighted by molar-refractivity contribution is -0.137. The number of alkyl halides is 3. The molecule has 0 aliphatic carbocycles. The van der Waals surface area contributed by atoms with Crippen LogP contribution in [0.3, 0.4) is 0 Å². The molecule has 0 spiro atoms. The van der Waals surface area contributed by atoms with Crippen LogP contribution in [0.15, 0.2) is 24.3 Å². The van der Waals surface area contributed by atoms with Crippen LogP contribution in [0.1, 0.15) is 18.4 Å². The van der Waals surface area contributed by atoms with Crippen LogP contribution >= 0.6 is 0 Å².